The van der Waals surface area contributed by atoms with E-state index in [0.717, 1.165) is 11.1 Å². The van der Waals surface area contributed by atoms with E-state index in [1.165, 1.54) is 0 Å². The lowest BCUT2D eigenvalue weighted by molar-refractivity contribution is 0.228. The van der Waals surface area contributed by atoms with E-state index in [1.807, 2.05) is 13.0 Å². The number of aromatic hydroxyl groups is 2. The normalized spacial score (nSPS) is 23.6. The van der Waals surface area contributed by atoms with Gasteiger partial charge in [0, 0.05) is 5.54 Å². The number of anilines is 1. The monoisotopic (exact) mass is 263 g/mol. The molecule has 3 heteroatoms. The summed E-state index contributed by atoms with van der Waals surface area (Å²) in [6.45, 7) is 12.9. The number of hydrogen-bond donors (Lipinski definition) is 3. The van der Waals surface area contributed by atoms with Crippen molar-refractivity contribution in [3.05, 3.63) is 17.2 Å². The van der Waals surface area contributed by atoms with Crippen LogP contribution < -0.4 is 5.32 Å². The van der Waals surface area contributed by atoms with Crippen molar-refractivity contribution in [3.63, 3.8) is 0 Å². The second-order valence-electron chi connectivity index (χ2n) is 6.80. The zero-order chi connectivity index (χ0) is 14.6. The summed E-state index contributed by atoms with van der Waals surface area (Å²) in [6, 6.07) is 2.03. The van der Waals surface area contributed by atoms with E-state index in [2.05, 4.69) is 39.9 Å². The Kier molecular flexibility index (Phi) is 3.00. The first-order chi connectivity index (χ1) is 8.63. The molecule has 0 radical (unpaired) electrons. The first kappa shape index (κ1) is 14.0. The van der Waals surface area contributed by atoms with Crippen LogP contribution in [0.2, 0.25) is 0 Å². The molecule has 0 unspecified atom stereocenters. The lowest BCUT2D eigenvalue weighted by Gasteiger charge is -2.50. The minimum atomic E-state index is -0.131. The zero-order valence-electron chi connectivity index (χ0n) is 12.8. The van der Waals surface area contributed by atoms with Crippen molar-refractivity contribution in [1.82, 2.24) is 0 Å². The average Bonchev–Trinajstić information content (AvgIpc) is 2.32. The van der Waals surface area contributed by atoms with Crippen molar-refractivity contribution in [2.45, 2.75) is 58.9 Å². The molecule has 0 saturated carbocycles. The van der Waals surface area contributed by atoms with Crippen LogP contribution in [0.3, 0.4) is 0 Å². The Bertz CT molecular complexity index is 518. The summed E-state index contributed by atoms with van der Waals surface area (Å²) >= 11 is 0. The summed E-state index contributed by atoms with van der Waals surface area (Å²) < 4.78 is 0. The molecule has 1 aromatic carbocycles. The minimum absolute atomic E-state index is 0.00917. The van der Waals surface area contributed by atoms with Gasteiger partial charge in [-0.3, -0.25) is 0 Å². The van der Waals surface area contributed by atoms with Gasteiger partial charge in [-0.1, -0.05) is 27.7 Å². The second-order valence-corrected chi connectivity index (χ2v) is 6.80. The third kappa shape index (κ3) is 1.87. The SMILES string of the molecule is CCc1cc2c(c(O)c1O)NC(C)(C)[C@@H](C)C2(C)C. The number of hydrogen-bond acceptors (Lipinski definition) is 3. The van der Waals surface area contributed by atoms with Crippen molar-refractivity contribution >= 4 is 5.69 Å². The molecular weight excluding hydrogens is 238 g/mol. The maximum absolute atomic E-state index is 10.3. The van der Waals surface area contributed by atoms with E-state index in [9.17, 15) is 10.2 Å². The molecule has 1 aromatic rings. The summed E-state index contributed by atoms with van der Waals surface area (Å²) in [6.07, 6.45) is 0.709. The van der Waals surface area contributed by atoms with Gasteiger partial charge in [-0.05, 0) is 48.8 Å². The predicted octanol–water partition coefficient (Wildman–Crippen LogP) is 3.78. The smallest absolute Gasteiger partial charge is 0.181 e. The number of nitrogens with one attached hydrogen (secondary N) is 1. The van der Waals surface area contributed by atoms with Gasteiger partial charge in [-0.2, -0.15) is 0 Å². The van der Waals surface area contributed by atoms with E-state index >= 15 is 0 Å². The molecule has 0 bridgehead atoms. The highest BCUT2D eigenvalue weighted by Crippen LogP contribution is 2.53. The predicted molar refractivity (Wildman–Crippen MR) is 79.0 cm³/mol. The van der Waals surface area contributed by atoms with Gasteiger partial charge in [0.25, 0.3) is 0 Å². The lowest BCUT2D eigenvalue weighted by Crippen LogP contribution is -2.51. The fourth-order valence-corrected chi connectivity index (χ4v) is 3.18. The van der Waals surface area contributed by atoms with Gasteiger partial charge in [0.15, 0.2) is 11.5 Å². The third-order valence-electron chi connectivity index (χ3n) is 5.04. The summed E-state index contributed by atoms with van der Waals surface area (Å²) in [4.78, 5) is 0. The van der Waals surface area contributed by atoms with Crippen molar-refractivity contribution in [3.8, 4) is 11.5 Å². The number of fused-ring (bicyclic) bond motifs is 1. The van der Waals surface area contributed by atoms with Gasteiger partial charge in [-0.25, -0.2) is 0 Å². The fourth-order valence-electron chi connectivity index (χ4n) is 3.18. The number of rotatable bonds is 1. The molecule has 0 fully saturated rings. The fraction of sp³-hybridized carbons (Fsp3) is 0.625. The maximum Gasteiger partial charge on any atom is 0.181 e. The zero-order valence-corrected chi connectivity index (χ0v) is 12.8. The van der Waals surface area contributed by atoms with E-state index in [-0.39, 0.29) is 22.5 Å². The van der Waals surface area contributed by atoms with E-state index < -0.39 is 0 Å². The van der Waals surface area contributed by atoms with Crippen LogP contribution in [0, 0.1) is 5.92 Å². The van der Waals surface area contributed by atoms with Crippen molar-refractivity contribution in [2.24, 2.45) is 5.92 Å². The largest absolute Gasteiger partial charge is 0.504 e. The number of phenols is 2. The van der Waals surface area contributed by atoms with E-state index in [0.29, 0.717) is 18.0 Å². The molecule has 3 nitrogen and oxygen atoms in total. The highest BCUT2D eigenvalue weighted by atomic mass is 16.3. The highest BCUT2D eigenvalue weighted by Gasteiger charge is 2.45. The van der Waals surface area contributed by atoms with Gasteiger partial charge >= 0.3 is 0 Å². The summed E-state index contributed by atoms with van der Waals surface area (Å²) in [5.41, 5.74) is 2.39. The van der Waals surface area contributed by atoms with Gasteiger partial charge in [0.05, 0.1) is 5.69 Å². The topological polar surface area (TPSA) is 52.5 Å². The lowest BCUT2D eigenvalue weighted by atomic mass is 9.63. The molecule has 1 atom stereocenters. The van der Waals surface area contributed by atoms with Crippen LogP contribution in [0.4, 0.5) is 5.69 Å². The van der Waals surface area contributed by atoms with Gasteiger partial charge < -0.3 is 15.5 Å². The van der Waals surface area contributed by atoms with Crippen molar-refractivity contribution in [1.29, 1.82) is 0 Å². The Hall–Kier alpha value is -1.38. The molecule has 3 N–H and O–H groups in total. The second kappa shape index (κ2) is 4.06. The Balaban J connectivity index is 2.75. The quantitative estimate of drug-likeness (QED) is 0.676. The molecule has 0 amide bonds. The van der Waals surface area contributed by atoms with Crippen LogP contribution >= 0.6 is 0 Å². The van der Waals surface area contributed by atoms with Crippen molar-refractivity contribution < 1.29 is 10.2 Å². The highest BCUT2D eigenvalue weighted by molar-refractivity contribution is 5.73. The summed E-state index contributed by atoms with van der Waals surface area (Å²) in [5.74, 6) is 0.401. The molecule has 1 heterocycles. The number of phenolic OH excluding ortho intramolecular Hbond substituents is 2. The Morgan fingerprint density at radius 2 is 1.74 bits per heavy atom. The molecule has 0 spiro atoms. The Labute approximate surface area is 115 Å². The van der Waals surface area contributed by atoms with E-state index in [4.69, 9.17) is 0 Å². The van der Waals surface area contributed by atoms with E-state index in [1.54, 1.807) is 0 Å². The van der Waals surface area contributed by atoms with Crippen LogP contribution in [0.25, 0.3) is 0 Å². The van der Waals surface area contributed by atoms with Gasteiger partial charge in [-0.15, -0.1) is 0 Å². The maximum atomic E-state index is 10.3. The third-order valence-corrected chi connectivity index (χ3v) is 5.04. The first-order valence-corrected chi connectivity index (χ1v) is 6.99. The molecule has 0 aromatic heterocycles. The summed E-state index contributed by atoms with van der Waals surface area (Å²) in [7, 11) is 0. The van der Waals surface area contributed by atoms with Gasteiger partial charge in [0.2, 0.25) is 0 Å². The van der Waals surface area contributed by atoms with Crippen LogP contribution in [0.15, 0.2) is 6.07 Å². The van der Waals surface area contributed by atoms with Gasteiger partial charge in [0.1, 0.15) is 0 Å². The van der Waals surface area contributed by atoms with Crippen LogP contribution in [0.5, 0.6) is 11.5 Å². The van der Waals surface area contributed by atoms with Crippen LogP contribution in [-0.2, 0) is 11.8 Å². The molecule has 0 saturated heterocycles. The molecular formula is C16H25NO2. The first-order valence-electron chi connectivity index (χ1n) is 6.99. The van der Waals surface area contributed by atoms with Crippen LogP contribution in [0.1, 0.15) is 52.7 Å². The minimum Gasteiger partial charge on any atom is -0.504 e. The molecule has 2 rings (SSSR count). The standard InChI is InChI=1S/C16H25NO2/c1-7-10-8-11-12(14(19)13(10)18)17-16(5,6)9(2)15(11,3)4/h8-9,17-19H,7H2,1-6H3/t9-/m0/s1. The Morgan fingerprint density at radius 1 is 1.16 bits per heavy atom. The molecule has 1 aliphatic heterocycles. The molecule has 1 aliphatic rings. The molecule has 106 valence electrons. The number of aryl methyl sites for hydroxylation is 1. The average molecular weight is 263 g/mol. The molecule has 0 aliphatic carbocycles. The Morgan fingerprint density at radius 3 is 2.26 bits per heavy atom. The van der Waals surface area contributed by atoms with Crippen LogP contribution in [-0.4, -0.2) is 15.8 Å². The molecule has 19 heavy (non-hydrogen) atoms. The number of benzene rings is 1. The summed E-state index contributed by atoms with van der Waals surface area (Å²) in [5, 5.41) is 23.8. The van der Waals surface area contributed by atoms with Crippen molar-refractivity contribution in [2.75, 3.05) is 5.32 Å².